The van der Waals surface area contributed by atoms with Gasteiger partial charge in [0.05, 0.1) is 42.7 Å². The molecule has 13 heteroatoms. The summed E-state index contributed by atoms with van der Waals surface area (Å²) >= 11 is 0. The highest BCUT2D eigenvalue weighted by Crippen LogP contribution is 2.33. The van der Waals surface area contributed by atoms with Crippen molar-refractivity contribution in [3.8, 4) is 0 Å². The second kappa shape index (κ2) is 21.4. The number of ether oxygens (including phenoxy) is 2. The Morgan fingerprint density at radius 3 is 2.00 bits per heavy atom. The number of hydrogen-bond acceptors (Lipinski definition) is 8. The zero-order valence-corrected chi connectivity index (χ0v) is 34.0. The molecule has 1 aromatic carbocycles. The lowest BCUT2D eigenvalue weighted by Crippen LogP contribution is -2.59. The van der Waals surface area contributed by atoms with E-state index in [-0.39, 0.29) is 54.4 Å². The second-order valence-electron chi connectivity index (χ2n) is 15.4. The molecule has 1 aromatic rings. The fraction of sp³-hybridized carbons (Fsp3) is 0.725. The lowest BCUT2D eigenvalue weighted by atomic mass is 9.89. The molecular weight excluding hydrogens is 678 g/mol. The van der Waals surface area contributed by atoms with E-state index in [2.05, 4.69) is 16.0 Å². The number of carbonyl (C=O) groups is 5. The number of methoxy groups -OCH3 is 2. The van der Waals surface area contributed by atoms with Crippen LogP contribution in [0.25, 0.3) is 0 Å². The summed E-state index contributed by atoms with van der Waals surface area (Å²) in [6.07, 6.45) is 0.748. The van der Waals surface area contributed by atoms with Crippen molar-refractivity contribution in [1.82, 2.24) is 25.8 Å². The normalized spacial score (nSPS) is 20.5. The van der Waals surface area contributed by atoms with Crippen LogP contribution in [0.5, 0.6) is 0 Å². The van der Waals surface area contributed by atoms with Crippen LogP contribution >= 0.6 is 0 Å². The van der Waals surface area contributed by atoms with Crippen LogP contribution in [0.4, 0.5) is 0 Å². The third-order valence-corrected chi connectivity index (χ3v) is 11.0. The molecule has 2 rings (SSSR count). The van der Waals surface area contributed by atoms with Crippen LogP contribution in [-0.2, 0) is 39.9 Å². The topological polar surface area (TPSA) is 167 Å². The van der Waals surface area contributed by atoms with Crippen molar-refractivity contribution in [1.29, 1.82) is 0 Å². The Kier molecular flexibility index (Phi) is 18.4. The van der Waals surface area contributed by atoms with Gasteiger partial charge in [0.1, 0.15) is 12.1 Å². The standard InChI is InChI=1S/C40H67N5O8/c1-13-25(6)35(44(10)39(49)34(24(4)5)43-38(48)33(41-9)23(2)3)31(52-11)22-32(46)45-26(7)19-20-30(45)36(53-12)27(8)37(47)42-29(40(50)51)21-28-17-15-14-16-18-28/h14-18,23-27,29-31,33-36,41H,13,19-22H2,1-12H3,(H,42,47)(H,43,48)(H,50,51)/t25-,26-,27+,29-,30-,31+,33?,34-,35?,36?/m0/s1. The zero-order valence-electron chi connectivity index (χ0n) is 34.0. The molecule has 4 amide bonds. The first-order valence-corrected chi connectivity index (χ1v) is 19.1. The lowest BCUT2D eigenvalue weighted by molar-refractivity contribution is -0.149. The van der Waals surface area contributed by atoms with Gasteiger partial charge in [0.2, 0.25) is 23.6 Å². The Morgan fingerprint density at radius 1 is 0.906 bits per heavy atom. The van der Waals surface area contributed by atoms with Crippen LogP contribution < -0.4 is 16.0 Å². The van der Waals surface area contributed by atoms with Gasteiger partial charge in [0.15, 0.2) is 0 Å². The van der Waals surface area contributed by atoms with E-state index >= 15 is 0 Å². The zero-order chi connectivity index (χ0) is 40.2. The first kappa shape index (κ1) is 45.6. The van der Waals surface area contributed by atoms with E-state index in [0.717, 1.165) is 5.56 Å². The number of carboxylic acid groups (broad SMARTS) is 1. The monoisotopic (exact) mass is 745 g/mol. The molecule has 1 heterocycles. The Labute approximate surface area is 317 Å². The van der Waals surface area contributed by atoms with Gasteiger partial charge in [-0.05, 0) is 50.1 Å². The van der Waals surface area contributed by atoms with Crippen LogP contribution in [0.1, 0.15) is 86.6 Å². The number of amides is 4. The number of hydrogen-bond donors (Lipinski definition) is 4. The first-order chi connectivity index (χ1) is 24.9. The number of likely N-dealkylation sites (tertiary alicyclic amines) is 1. The summed E-state index contributed by atoms with van der Waals surface area (Å²) in [4.78, 5) is 70.8. The number of rotatable bonds is 21. The maximum atomic E-state index is 14.3. The van der Waals surface area contributed by atoms with Crippen molar-refractivity contribution in [3.05, 3.63) is 35.9 Å². The van der Waals surface area contributed by atoms with Gasteiger partial charge >= 0.3 is 5.97 Å². The van der Waals surface area contributed by atoms with E-state index in [1.807, 2.05) is 78.8 Å². The summed E-state index contributed by atoms with van der Waals surface area (Å²) in [7, 11) is 6.47. The largest absolute Gasteiger partial charge is 0.480 e. The van der Waals surface area contributed by atoms with Crippen LogP contribution in [0, 0.1) is 23.7 Å². The fourth-order valence-electron chi connectivity index (χ4n) is 7.72. The predicted octanol–water partition coefficient (Wildman–Crippen LogP) is 3.49. The van der Waals surface area contributed by atoms with Crippen LogP contribution in [0.15, 0.2) is 30.3 Å². The van der Waals surface area contributed by atoms with E-state index in [9.17, 15) is 29.1 Å². The van der Waals surface area contributed by atoms with Crippen molar-refractivity contribution in [2.45, 2.75) is 136 Å². The van der Waals surface area contributed by atoms with Gasteiger partial charge < -0.3 is 40.3 Å². The highest BCUT2D eigenvalue weighted by molar-refractivity contribution is 5.90. The first-order valence-electron chi connectivity index (χ1n) is 19.1. The minimum atomic E-state index is -1.14. The quantitative estimate of drug-likeness (QED) is 0.147. The minimum absolute atomic E-state index is 0.0190. The summed E-state index contributed by atoms with van der Waals surface area (Å²) in [5.41, 5.74) is 0.784. The van der Waals surface area contributed by atoms with Gasteiger partial charge in [0.25, 0.3) is 0 Å². The Bertz CT molecular complexity index is 1340. The fourth-order valence-corrected chi connectivity index (χ4v) is 7.72. The summed E-state index contributed by atoms with van der Waals surface area (Å²) in [5.74, 6) is -3.30. The van der Waals surface area contributed by atoms with Crippen molar-refractivity contribution in [3.63, 3.8) is 0 Å². The summed E-state index contributed by atoms with van der Waals surface area (Å²) in [6.45, 7) is 15.4. The molecule has 1 fully saturated rings. The van der Waals surface area contributed by atoms with E-state index in [1.54, 1.807) is 30.8 Å². The number of aliphatic carboxylic acids is 1. The molecule has 1 saturated heterocycles. The van der Waals surface area contributed by atoms with Crippen molar-refractivity contribution >= 4 is 29.6 Å². The molecule has 0 aliphatic carbocycles. The van der Waals surface area contributed by atoms with E-state index in [0.29, 0.717) is 19.3 Å². The SMILES string of the molecule is CC[C@H](C)C([C@@H](CC(=O)N1[C@@H](C)CC[C@H]1C(OC)[C@@H](C)C(=O)N[C@@H](Cc1ccccc1)C(=O)O)OC)N(C)C(=O)[C@@H](NC(=O)C(NC)C(C)C)C(C)C. The molecule has 13 nitrogen and oxygen atoms in total. The summed E-state index contributed by atoms with van der Waals surface area (Å²) in [6, 6.07) is 5.65. The molecule has 1 aliphatic heterocycles. The van der Waals surface area contributed by atoms with Crippen molar-refractivity contribution < 1.29 is 38.6 Å². The number of carbonyl (C=O) groups excluding carboxylic acids is 4. The van der Waals surface area contributed by atoms with Crippen LogP contribution in [0.2, 0.25) is 0 Å². The maximum Gasteiger partial charge on any atom is 0.326 e. The Morgan fingerprint density at radius 2 is 1.51 bits per heavy atom. The molecule has 53 heavy (non-hydrogen) atoms. The third kappa shape index (κ3) is 12.0. The molecule has 10 atom stereocenters. The number of likely N-dealkylation sites (N-methyl/N-ethyl adjacent to an activating group) is 2. The van der Waals surface area contributed by atoms with Crippen molar-refractivity contribution in [2.24, 2.45) is 23.7 Å². The van der Waals surface area contributed by atoms with Gasteiger partial charge in [0, 0.05) is 33.7 Å². The molecular formula is C40H67N5O8. The summed E-state index contributed by atoms with van der Waals surface area (Å²) in [5, 5.41) is 18.6. The Hall–Kier alpha value is -3.55. The van der Waals surface area contributed by atoms with Gasteiger partial charge in [-0.1, -0.05) is 85.2 Å². The average Bonchev–Trinajstić information content (AvgIpc) is 3.50. The molecule has 0 bridgehead atoms. The van der Waals surface area contributed by atoms with E-state index < -0.39 is 60.2 Å². The Balaban J connectivity index is 2.31. The number of benzene rings is 1. The third-order valence-electron chi connectivity index (χ3n) is 11.0. The maximum absolute atomic E-state index is 14.3. The second-order valence-corrected chi connectivity index (χ2v) is 15.4. The molecule has 1 aliphatic rings. The molecule has 3 unspecified atom stereocenters. The highest BCUT2D eigenvalue weighted by Gasteiger charge is 2.45. The van der Waals surface area contributed by atoms with Gasteiger partial charge in [-0.3, -0.25) is 19.2 Å². The number of carboxylic acids is 1. The lowest BCUT2D eigenvalue weighted by Gasteiger charge is -2.41. The molecule has 0 saturated carbocycles. The highest BCUT2D eigenvalue weighted by atomic mass is 16.5. The number of nitrogens with one attached hydrogen (secondary N) is 3. The van der Waals surface area contributed by atoms with Crippen molar-refractivity contribution in [2.75, 3.05) is 28.3 Å². The summed E-state index contributed by atoms with van der Waals surface area (Å²) < 4.78 is 11.9. The molecule has 4 N–H and O–H groups in total. The molecule has 300 valence electrons. The average molecular weight is 746 g/mol. The van der Waals surface area contributed by atoms with E-state index in [4.69, 9.17) is 9.47 Å². The molecule has 0 spiro atoms. The van der Waals surface area contributed by atoms with Gasteiger partial charge in [-0.15, -0.1) is 0 Å². The molecule has 0 aromatic heterocycles. The predicted molar refractivity (Wildman–Crippen MR) is 205 cm³/mol. The van der Waals surface area contributed by atoms with Crippen LogP contribution in [-0.4, -0.2) is 121 Å². The van der Waals surface area contributed by atoms with Gasteiger partial charge in [-0.25, -0.2) is 4.79 Å². The van der Waals surface area contributed by atoms with E-state index in [1.165, 1.54) is 14.2 Å². The smallest absolute Gasteiger partial charge is 0.326 e. The number of nitrogens with zero attached hydrogens (tertiary/aromatic N) is 2. The van der Waals surface area contributed by atoms with Crippen LogP contribution in [0.3, 0.4) is 0 Å². The molecule has 0 radical (unpaired) electrons. The van der Waals surface area contributed by atoms with Gasteiger partial charge in [-0.2, -0.15) is 0 Å². The minimum Gasteiger partial charge on any atom is -0.480 e.